The van der Waals surface area contributed by atoms with Gasteiger partial charge < -0.3 is 4.74 Å². The number of hydrogen-bond acceptors (Lipinski definition) is 1. The van der Waals surface area contributed by atoms with Crippen molar-refractivity contribution in [2.45, 2.75) is 65.7 Å². The fourth-order valence-corrected chi connectivity index (χ4v) is 1.86. The maximum Gasteiger partial charge on any atom is 0.0464 e. The summed E-state index contributed by atoms with van der Waals surface area (Å²) in [6, 6.07) is 0. The van der Waals surface area contributed by atoms with Crippen molar-refractivity contribution in [2.24, 2.45) is 11.8 Å². The van der Waals surface area contributed by atoms with E-state index in [-0.39, 0.29) is 0 Å². The zero-order chi connectivity index (χ0) is 11.5. The zero-order valence-electron chi connectivity index (χ0n) is 11.2. The topological polar surface area (TPSA) is 9.23 Å². The van der Waals surface area contributed by atoms with Gasteiger partial charge in [-0.05, 0) is 18.3 Å². The van der Waals surface area contributed by atoms with Gasteiger partial charge in [0.1, 0.15) is 0 Å². The summed E-state index contributed by atoms with van der Waals surface area (Å²) >= 11 is 0. The number of ether oxygens (including phenoxy) is 1. The van der Waals surface area contributed by atoms with Gasteiger partial charge in [0.25, 0.3) is 0 Å². The molecule has 0 aliphatic rings. The predicted molar refractivity (Wildman–Crippen MR) is 68.2 cm³/mol. The number of rotatable bonds is 10. The average molecular weight is 214 g/mol. The van der Waals surface area contributed by atoms with Crippen LogP contribution in [0.15, 0.2) is 0 Å². The van der Waals surface area contributed by atoms with Crippen molar-refractivity contribution in [3.63, 3.8) is 0 Å². The molecule has 0 saturated carbocycles. The number of hydrogen-bond donors (Lipinski definition) is 0. The Morgan fingerprint density at radius 1 is 0.800 bits per heavy atom. The Morgan fingerprint density at radius 3 is 1.93 bits per heavy atom. The molecule has 0 aromatic heterocycles. The summed E-state index contributed by atoms with van der Waals surface area (Å²) in [4.78, 5) is 0. The second-order valence-electron chi connectivity index (χ2n) is 5.27. The molecule has 0 radical (unpaired) electrons. The Hall–Kier alpha value is -0.0400. The van der Waals surface area contributed by atoms with Gasteiger partial charge in [-0.2, -0.15) is 0 Å². The van der Waals surface area contributed by atoms with E-state index in [9.17, 15) is 0 Å². The molecule has 0 rings (SSSR count). The molecule has 0 spiro atoms. The standard InChI is InChI=1S/C14H30O/c1-13(2)9-7-5-6-8-10-14(3)11-12-15-4/h13-14H,5-12H2,1-4H3. The molecule has 0 aromatic carbocycles. The fraction of sp³-hybridized carbons (Fsp3) is 1.00. The Morgan fingerprint density at radius 2 is 1.40 bits per heavy atom. The van der Waals surface area contributed by atoms with Gasteiger partial charge in [-0.25, -0.2) is 0 Å². The van der Waals surface area contributed by atoms with E-state index < -0.39 is 0 Å². The molecule has 15 heavy (non-hydrogen) atoms. The fourth-order valence-electron chi connectivity index (χ4n) is 1.86. The molecule has 0 saturated heterocycles. The highest BCUT2D eigenvalue weighted by atomic mass is 16.5. The lowest BCUT2D eigenvalue weighted by Crippen LogP contribution is -1.99. The molecule has 0 N–H and O–H groups in total. The Balaban J connectivity index is 3.09. The van der Waals surface area contributed by atoms with E-state index >= 15 is 0 Å². The van der Waals surface area contributed by atoms with E-state index in [0.717, 1.165) is 18.4 Å². The molecule has 92 valence electrons. The molecule has 0 aliphatic carbocycles. The van der Waals surface area contributed by atoms with Crippen molar-refractivity contribution in [3.8, 4) is 0 Å². The summed E-state index contributed by atoms with van der Waals surface area (Å²) < 4.78 is 5.08. The van der Waals surface area contributed by atoms with Crippen LogP contribution in [0.4, 0.5) is 0 Å². The van der Waals surface area contributed by atoms with Gasteiger partial charge in [0, 0.05) is 13.7 Å². The first-order valence-corrected chi connectivity index (χ1v) is 6.65. The lowest BCUT2D eigenvalue weighted by Gasteiger charge is -2.10. The quantitative estimate of drug-likeness (QED) is 0.481. The molecule has 1 atom stereocenters. The van der Waals surface area contributed by atoms with Crippen LogP contribution in [0.25, 0.3) is 0 Å². The maximum atomic E-state index is 5.08. The van der Waals surface area contributed by atoms with E-state index in [2.05, 4.69) is 20.8 Å². The van der Waals surface area contributed by atoms with Crippen molar-refractivity contribution in [3.05, 3.63) is 0 Å². The highest BCUT2D eigenvalue weighted by Gasteiger charge is 2.01. The Bertz CT molecular complexity index is 121. The average Bonchev–Trinajstić information content (AvgIpc) is 2.19. The second-order valence-corrected chi connectivity index (χ2v) is 5.27. The summed E-state index contributed by atoms with van der Waals surface area (Å²) in [5.74, 6) is 1.72. The highest BCUT2D eigenvalue weighted by molar-refractivity contribution is 4.54. The van der Waals surface area contributed by atoms with Gasteiger partial charge in [-0.15, -0.1) is 0 Å². The van der Waals surface area contributed by atoms with E-state index in [1.807, 2.05) is 0 Å². The van der Waals surface area contributed by atoms with Gasteiger partial charge in [-0.3, -0.25) is 0 Å². The molecular formula is C14H30O. The Kier molecular flexibility index (Phi) is 10.4. The SMILES string of the molecule is COCCC(C)CCCCCCC(C)C. The molecule has 1 heteroatoms. The minimum absolute atomic E-state index is 0.843. The molecule has 0 heterocycles. The number of unbranched alkanes of at least 4 members (excludes halogenated alkanes) is 3. The number of methoxy groups -OCH3 is 1. The van der Waals surface area contributed by atoms with Crippen molar-refractivity contribution in [1.82, 2.24) is 0 Å². The summed E-state index contributed by atoms with van der Waals surface area (Å²) in [5, 5.41) is 0. The van der Waals surface area contributed by atoms with Crippen molar-refractivity contribution in [1.29, 1.82) is 0 Å². The van der Waals surface area contributed by atoms with Crippen LogP contribution in [0.3, 0.4) is 0 Å². The third-order valence-corrected chi connectivity index (χ3v) is 3.04. The molecule has 0 amide bonds. The molecular weight excluding hydrogens is 184 g/mol. The molecule has 0 aliphatic heterocycles. The summed E-state index contributed by atoms with van der Waals surface area (Å²) in [6.07, 6.45) is 9.68. The predicted octanol–water partition coefficient (Wildman–Crippen LogP) is 4.66. The smallest absolute Gasteiger partial charge is 0.0464 e. The monoisotopic (exact) mass is 214 g/mol. The third kappa shape index (κ3) is 11.9. The van der Waals surface area contributed by atoms with Crippen molar-refractivity contribution >= 4 is 0 Å². The van der Waals surface area contributed by atoms with Gasteiger partial charge in [-0.1, -0.05) is 59.3 Å². The Labute approximate surface area is 96.6 Å². The zero-order valence-corrected chi connectivity index (χ0v) is 11.2. The van der Waals surface area contributed by atoms with Crippen LogP contribution in [0.2, 0.25) is 0 Å². The van der Waals surface area contributed by atoms with E-state index in [1.165, 1.54) is 44.9 Å². The molecule has 1 nitrogen and oxygen atoms in total. The molecule has 0 aromatic rings. The maximum absolute atomic E-state index is 5.08. The molecule has 0 bridgehead atoms. The first-order valence-electron chi connectivity index (χ1n) is 6.65. The third-order valence-electron chi connectivity index (χ3n) is 3.04. The first-order chi connectivity index (χ1) is 7.16. The van der Waals surface area contributed by atoms with Crippen LogP contribution in [-0.4, -0.2) is 13.7 Å². The summed E-state index contributed by atoms with van der Waals surface area (Å²) in [6.45, 7) is 7.89. The first kappa shape index (κ1) is 15.0. The van der Waals surface area contributed by atoms with Crippen LogP contribution < -0.4 is 0 Å². The normalized spacial score (nSPS) is 13.4. The minimum atomic E-state index is 0.843. The van der Waals surface area contributed by atoms with E-state index in [1.54, 1.807) is 7.11 Å². The van der Waals surface area contributed by atoms with Crippen LogP contribution in [0.5, 0.6) is 0 Å². The lowest BCUT2D eigenvalue weighted by atomic mass is 9.98. The molecule has 0 fully saturated rings. The van der Waals surface area contributed by atoms with Crippen LogP contribution in [0.1, 0.15) is 65.7 Å². The summed E-state index contributed by atoms with van der Waals surface area (Å²) in [7, 11) is 1.79. The van der Waals surface area contributed by atoms with Crippen LogP contribution in [-0.2, 0) is 4.74 Å². The van der Waals surface area contributed by atoms with Crippen LogP contribution in [0, 0.1) is 11.8 Å². The van der Waals surface area contributed by atoms with Gasteiger partial charge in [0.2, 0.25) is 0 Å². The molecule has 1 unspecified atom stereocenters. The van der Waals surface area contributed by atoms with Crippen LogP contribution >= 0.6 is 0 Å². The van der Waals surface area contributed by atoms with E-state index in [0.29, 0.717) is 0 Å². The van der Waals surface area contributed by atoms with Gasteiger partial charge >= 0.3 is 0 Å². The van der Waals surface area contributed by atoms with E-state index in [4.69, 9.17) is 4.74 Å². The summed E-state index contributed by atoms with van der Waals surface area (Å²) in [5.41, 5.74) is 0. The minimum Gasteiger partial charge on any atom is -0.385 e. The second kappa shape index (κ2) is 10.5. The van der Waals surface area contributed by atoms with Gasteiger partial charge in [0.15, 0.2) is 0 Å². The van der Waals surface area contributed by atoms with Gasteiger partial charge in [0.05, 0.1) is 0 Å². The lowest BCUT2D eigenvalue weighted by molar-refractivity contribution is 0.177. The highest BCUT2D eigenvalue weighted by Crippen LogP contribution is 2.15. The van der Waals surface area contributed by atoms with Crippen molar-refractivity contribution in [2.75, 3.05) is 13.7 Å². The largest absolute Gasteiger partial charge is 0.385 e. The van der Waals surface area contributed by atoms with Crippen molar-refractivity contribution < 1.29 is 4.74 Å².